The Labute approximate surface area is 89.5 Å². The number of alkyl halides is 2. The van der Waals surface area contributed by atoms with Gasteiger partial charge in [0.1, 0.15) is 5.75 Å². The molecule has 0 aliphatic carbocycles. The highest BCUT2D eigenvalue weighted by atomic mass is 19.3. The number of pyridine rings is 1. The molecule has 0 radical (unpaired) electrons. The first-order chi connectivity index (χ1) is 7.45. The van der Waals surface area contributed by atoms with E-state index in [9.17, 15) is 18.7 Å². The standard InChI is InChI=1S/C9H10F2N2O3/c10-9(11)4-1-7(14)5(2-8(15)16)13-6(4)3-12/h1,9,14H,2-3,12H2,(H,15,16). The Hall–Kier alpha value is -1.76. The number of carboxylic acid groups (broad SMARTS) is 1. The first-order valence-electron chi connectivity index (χ1n) is 4.37. The van der Waals surface area contributed by atoms with Gasteiger partial charge in [-0.3, -0.25) is 9.78 Å². The summed E-state index contributed by atoms with van der Waals surface area (Å²) in [5.41, 5.74) is 4.46. The number of hydrogen-bond donors (Lipinski definition) is 3. The van der Waals surface area contributed by atoms with Crippen LogP contribution in [0.5, 0.6) is 5.75 Å². The molecule has 0 aromatic carbocycles. The summed E-state index contributed by atoms with van der Waals surface area (Å²) < 4.78 is 24.9. The van der Waals surface area contributed by atoms with Gasteiger partial charge in [0, 0.05) is 12.1 Å². The number of aromatic nitrogens is 1. The lowest BCUT2D eigenvalue weighted by atomic mass is 10.1. The predicted octanol–water partition coefficient (Wildman–Crippen LogP) is 0.811. The quantitative estimate of drug-likeness (QED) is 0.713. The number of nitrogens with two attached hydrogens (primary N) is 1. The summed E-state index contributed by atoms with van der Waals surface area (Å²) in [4.78, 5) is 14.0. The third kappa shape index (κ3) is 2.63. The van der Waals surface area contributed by atoms with Crippen molar-refractivity contribution in [2.75, 3.05) is 0 Å². The fourth-order valence-corrected chi connectivity index (χ4v) is 1.22. The molecule has 1 rings (SSSR count). The van der Waals surface area contributed by atoms with Gasteiger partial charge in [-0.05, 0) is 6.07 Å². The van der Waals surface area contributed by atoms with E-state index in [1.54, 1.807) is 0 Å². The molecule has 0 aliphatic heterocycles. The summed E-state index contributed by atoms with van der Waals surface area (Å²) in [5.74, 6) is -1.77. The van der Waals surface area contributed by atoms with E-state index in [1.807, 2.05) is 0 Å². The smallest absolute Gasteiger partial charge is 0.309 e. The molecular formula is C9H10F2N2O3. The van der Waals surface area contributed by atoms with Crippen LogP contribution in [0.3, 0.4) is 0 Å². The molecule has 0 atom stereocenters. The third-order valence-corrected chi connectivity index (χ3v) is 1.94. The predicted molar refractivity (Wildman–Crippen MR) is 50.1 cm³/mol. The zero-order valence-corrected chi connectivity index (χ0v) is 8.15. The van der Waals surface area contributed by atoms with Gasteiger partial charge in [0.05, 0.1) is 17.8 Å². The van der Waals surface area contributed by atoms with Crippen LogP contribution in [0.2, 0.25) is 0 Å². The van der Waals surface area contributed by atoms with Crippen LogP contribution >= 0.6 is 0 Å². The molecule has 5 nitrogen and oxygen atoms in total. The highest BCUT2D eigenvalue weighted by Gasteiger charge is 2.18. The molecule has 16 heavy (non-hydrogen) atoms. The van der Waals surface area contributed by atoms with Crippen molar-refractivity contribution in [2.45, 2.75) is 19.4 Å². The Morgan fingerprint density at radius 2 is 2.12 bits per heavy atom. The number of rotatable bonds is 4. The van der Waals surface area contributed by atoms with Gasteiger partial charge >= 0.3 is 5.97 Å². The number of carbonyl (C=O) groups is 1. The van der Waals surface area contributed by atoms with Crippen molar-refractivity contribution < 1.29 is 23.8 Å². The summed E-state index contributed by atoms with van der Waals surface area (Å²) >= 11 is 0. The van der Waals surface area contributed by atoms with E-state index in [1.165, 1.54) is 0 Å². The van der Waals surface area contributed by atoms with E-state index in [-0.39, 0.29) is 17.9 Å². The summed E-state index contributed by atoms with van der Waals surface area (Å²) in [6.45, 7) is -0.243. The molecule has 0 spiro atoms. The minimum atomic E-state index is -2.81. The van der Waals surface area contributed by atoms with Crippen LogP contribution in [0.4, 0.5) is 8.78 Å². The molecule has 4 N–H and O–H groups in total. The summed E-state index contributed by atoms with van der Waals surface area (Å²) in [5, 5.41) is 17.8. The van der Waals surface area contributed by atoms with Gasteiger partial charge in [0.2, 0.25) is 0 Å². The van der Waals surface area contributed by atoms with Gasteiger partial charge in [-0.2, -0.15) is 0 Å². The maximum absolute atomic E-state index is 12.5. The molecule has 0 fully saturated rings. The Bertz CT molecular complexity index is 410. The zero-order valence-electron chi connectivity index (χ0n) is 8.15. The highest BCUT2D eigenvalue weighted by molar-refractivity contribution is 5.70. The summed E-state index contributed by atoms with van der Waals surface area (Å²) in [6, 6.07) is 0.804. The normalized spacial score (nSPS) is 10.8. The molecule has 0 bridgehead atoms. The fraction of sp³-hybridized carbons (Fsp3) is 0.333. The van der Waals surface area contributed by atoms with Crippen molar-refractivity contribution in [3.63, 3.8) is 0 Å². The minimum Gasteiger partial charge on any atom is -0.506 e. The molecule has 0 amide bonds. The number of nitrogens with zero attached hydrogens (tertiary/aromatic N) is 1. The number of halogens is 2. The van der Waals surface area contributed by atoms with Crippen molar-refractivity contribution in [3.05, 3.63) is 23.0 Å². The van der Waals surface area contributed by atoms with Crippen molar-refractivity contribution in [3.8, 4) is 5.75 Å². The van der Waals surface area contributed by atoms with Crippen LogP contribution in [0.25, 0.3) is 0 Å². The number of aromatic hydroxyl groups is 1. The Morgan fingerprint density at radius 3 is 2.56 bits per heavy atom. The molecule has 1 aromatic rings. The summed E-state index contributed by atoms with van der Waals surface area (Å²) in [6.07, 6.45) is -3.35. The SMILES string of the molecule is NCc1nc(CC(=O)O)c(O)cc1C(F)F. The van der Waals surface area contributed by atoms with E-state index in [0.717, 1.165) is 6.07 Å². The Balaban J connectivity index is 3.20. The van der Waals surface area contributed by atoms with Crippen molar-refractivity contribution >= 4 is 5.97 Å². The lowest BCUT2D eigenvalue weighted by molar-refractivity contribution is -0.136. The zero-order chi connectivity index (χ0) is 12.3. The second kappa shape index (κ2) is 4.84. The van der Waals surface area contributed by atoms with Crippen LogP contribution in [0, 0.1) is 0 Å². The third-order valence-electron chi connectivity index (χ3n) is 1.94. The van der Waals surface area contributed by atoms with Crippen molar-refractivity contribution in [2.24, 2.45) is 5.73 Å². The number of hydrogen-bond acceptors (Lipinski definition) is 4. The molecule has 0 saturated carbocycles. The average Bonchev–Trinajstić information content (AvgIpc) is 2.19. The molecule has 0 unspecified atom stereocenters. The maximum Gasteiger partial charge on any atom is 0.309 e. The monoisotopic (exact) mass is 232 g/mol. The molecule has 0 aliphatic rings. The van der Waals surface area contributed by atoms with E-state index in [2.05, 4.69) is 4.98 Å². The average molecular weight is 232 g/mol. The molecular weight excluding hydrogens is 222 g/mol. The Kier molecular flexibility index (Phi) is 3.73. The van der Waals surface area contributed by atoms with Gasteiger partial charge in [-0.15, -0.1) is 0 Å². The minimum absolute atomic E-state index is 0.107. The van der Waals surface area contributed by atoms with Crippen LogP contribution in [-0.4, -0.2) is 21.2 Å². The van der Waals surface area contributed by atoms with E-state index < -0.39 is 30.1 Å². The van der Waals surface area contributed by atoms with Gasteiger partial charge in [-0.25, -0.2) is 8.78 Å². The number of carboxylic acids is 1. The lowest BCUT2D eigenvalue weighted by Gasteiger charge is -2.09. The van der Waals surface area contributed by atoms with E-state index in [0.29, 0.717) is 0 Å². The van der Waals surface area contributed by atoms with Crippen LogP contribution in [0.15, 0.2) is 6.07 Å². The molecule has 88 valence electrons. The highest BCUT2D eigenvalue weighted by Crippen LogP contribution is 2.27. The van der Waals surface area contributed by atoms with Gasteiger partial charge in [0.25, 0.3) is 6.43 Å². The van der Waals surface area contributed by atoms with Crippen molar-refractivity contribution in [1.29, 1.82) is 0 Å². The fourth-order valence-electron chi connectivity index (χ4n) is 1.22. The first kappa shape index (κ1) is 12.3. The lowest BCUT2D eigenvalue weighted by Crippen LogP contribution is -2.10. The van der Waals surface area contributed by atoms with E-state index >= 15 is 0 Å². The number of aliphatic carboxylic acids is 1. The molecule has 7 heteroatoms. The molecule has 1 aromatic heterocycles. The van der Waals surface area contributed by atoms with Gasteiger partial charge in [-0.1, -0.05) is 0 Å². The van der Waals surface area contributed by atoms with Crippen LogP contribution in [0.1, 0.15) is 23.4 Å². The summed E-state index contributed by atoms with van der Waals surface area (Å²) in [7, 11) is 0. The molecule has 1 heterocycles. The van der Waals surface area contributed by atoms with Gasteiger partial charge < -0.3 is 15.9 Å². The van der Waals surface area contributed by atoms with Crippen LogP contribution in [-0.2, 0) is 17.8 Å². The van der Waals surface area contributed by atoms with Crippen molar-refractivity contribution in [1.82, 2.24) is 4.98 Å². The molecule has 0 saturated heterocycles. The second-order valence-corrected chi connectivity index (χ2v) is 3.07. The van der Waals surface area contributed by atoms with Crippen LogP contribution < -0.4 is 5.73 Å². The Morgan fingerprint density at radius 1 is 1.50 bits per heavy atom. The topological polar surface area (TPSA) is 96.4 Å². The van der Waals surface area contributed by atoms with E-state index in [4.69, 9.17) is 10.8 Å². The second-order valence-electron chi connectivity index (χ2n) is 3.07. The maximum atomic E-state index is 12.5. The first-order valence-corrected chi connectivity index (χ1v) is 4.37. The largest absolute Gasteiger partial charge is 0.506 e. The van der Waals surface area contributed by atoms with Gasteiger partial charge in [0.15, 0.2) is 0 Å².